The third-order valence-corrected chi connectivity index (χ3v) is 3.11. The van der Waals surface area contributed by atoms with E-state index in [1.807, 2.05) is 6.07 Å². The van der Waals surface area contributed by atoms with E-state index in [1.165, 1.54) is 4.90 Å². The van der Waals surface area contributed by atoms with Crippen LogP contribution in [-0.4, -0.2) is 36.5 Å². The molecule has 1 amide bonds. The van der Waals surface area contributed by atoms with Crippen molar-refractivity contribution in [2.75, 3.05) is 19.7 Å². The van der Waals surface area contributed by atoms with Crippen LogP contribution < -0.4 is 0 Å². The van der Waals surface area contributed by atoms with Crippen LogP contribution >= 0.6 is 11.6 Å². The molecule has 0 fully saturated rings. The molecule has 21 heavy (non-hydrogen) atoms. The van der Waals surface area contributed by atoms with Crippen molar-refractivity contribution < 1.29 is 14.3 Å². The van der Waals surface area contributed by atoms with Crippen molar-refractivity contribution in [1.29, 1.82) is 5.26 Å². The van der Waals surface area contributed by atoms with E-state index in [1.54, 1.807) is 31.2 Å². The Bertz CT molecular complexity index is 540. The average molecular weight is 309 g/mol. The van der Waals surface area contributed by atoms with Crippen LogP contribution in [0.2, 0.25) is 5.02 Å². The second-order valence-electron chi connectivity index (χ2n) is 4.24. The third-order valence-electron chi connectivity index (χ3n) is 2.78. The fourth-order valence-corrected chi connectivity index (χ4v) is 1.98. The Balaban J connectivity index is 2.77. The smallest absolute Gasteiger partial charge is 0.307 e. The summed E-state index contributed by atoms with van der Waals surface area (Å²) in [6.07, 6.45) is 0.286. The van der Waals surface area contributed by atoms with Gasteiger partial charge < -0.3 is 9.64 Å². The normalized spacial score (nSPS) is 9.76. The number of amides is 1. The van der Waals surface area contributed by atoms with Gasteiger partial charge in [-0.15, -0.1) is 0 Å². The van der Waals surface area contributed by atoms with Crippen LogP contribution in [0.4, 0.5) is 0 Å². The Hall–Kier alpha value is -2.06. The molecule has 0 heterocycles. The molecule has 112 valence electrons. The number of nitriles is 1. The molecule has 6 heteroatoms. The van der Waals surface area contributed by atoms with Gasteiger partial charge in [0.1, 0.15) is 0 Å². The number of carbonyl (C=O) groups excluding carboxylic acids is 2. The molecule has 0 atom stereocenters. The van der Waals surface area contributed by atoms with Gasteiger partial charge in [0.05, 0.1) is 36.1 Å². The zero-order chi connectivity index (χ0) is 15.7. The molecule has 5 nitrogen and oxygen atoms in total. The molecule has 1 aromatic carbocycles. The van der Waals surface area contributed by atoms with Crippen molar-refractivity contribution in [2.45, 2.75) is 19.8 Å². The van der Waals surface area contributed by atoms with Crippen molar-refractivity contribution in [1.82, 2.24) is 4.90 Å². The molecule has 1 aromatic rings. The Kier molecular flexibility index (Phi) is 7.27. The summed E-state index contributed by atoms with van der Waals surface area (Å²) in [7, 11) is 0. The van der Waals surface area contributed by atoms with Crippen LogP contribution in [0.5, 0.6) is 0 Å². The summed E-state index contributed by atoms with van der Waals surface area (Å²) in [6, 6.07) is 8.68. The van der Waals surface area contributed by atoms with E-state index in [0.717, 1.165) is 0 Å². The maximum absolute atomic E-state index is 12.4. The minimum Gasteiger partial charge on any atom is -0.466 e. The van der Waals surface area contributed by atoms with Crippen LogP contribution in [0.25, 0.3) is 0 Å². The monoisotopic (exact) mass is 308 g/mol. The van der Waals surface area contributed by atoms with Crippen molar-refractivity contribution in [3.63, 3.8) is 0 Å². The first-order valence-electron chi connectivity index (χ1n) is 6.66. The van der Waals surface area contributed by atoms with E-state index >= 15 is 0 Å². The van der Waals surface area contributed by atoms with Gasteiger partial charge in [0, 0.05) is 13.1 Å². The SMILES string of the molecule is CCOC(=O)CCN(CCC#N)C(=O)c1ccccc1Cl. The van der Waals surface area contributed by atoms with Gasteiger partial charge in [0.15, 0.2) is 0 Å². The molecule has 0 bridgehead atoms. The lowest BCUT2D eigenvalue weighted by Crippen LogP contribution is -2.34. The van der Waals surface area contributed by atoms with Gasteiger partial charge in [-0.05, 0) is 19.1 Å². The molecular formula is C15H17ClN2O3. The van der Waals surface area contributed by atoms with E-state index in [0.29, 0.717) is 17.2 Å². The molecule has 0 radical (unpaired) electrons. The standard InChI is InChI=1S/C15H17ClN2O3/c1-2-21-14(19)8-11-18(10-5-9-17)15(20)12-6-3-4-7-13(12)16/h3-4,6-7H,2,5,8,10-11H2,1H3. The predicted molar refractivity (Wildman–Crippen MR) is 78.8 cm³/mol. The van der Waals surface area contributed by atoms with Crippen molar-refractivity contribution in [3.8, 4) is 6.07 Å². The van der Waals surface area contributed by atoms with Gasteiger partial charge >= 0.3 is 5.97 Å². The minimum atomic E-state index is -0.369. The first-order valence-corrected chi connectivity index (χ1v) is 7.04. The summed E-state index contributed by atoms with van der Waals surface area (Å²) >= 11 is 6.01. The number of esters is 1. The molecule has 1 rings (SSSR count). The van der Waals surface area contributed by atoms with Crippen molar-refractivity contribution >= 4 is 23.5 Å². The van der Waals surface area contributed by atoms with Crippen LogP contribution in [-0.2, 0) is 9.53 Å². The molecule has 0 aliphatic carbocycles. The summed E-state index contributed by atoms with van der Waals surface area (Å²) in [5.74, 6) is -0.661. The molecule has 0 spiro atoms. The third kappa shape index (κ3) is 5.44. The van der Waals surface area contributed by atoms with Gasteiger partial charge in [-0.2, -0.15) is 5.26 Å². The second kappa shape index (κ2) is 8.98. The fraction of sp³-hybridized carbons (Fsp3) is 0.400. The topological polar surface area (TPSA) is 70.4 Å². The van der Waals surface area contributed by atoms with E-state index in [2.05, 4.69) is 0 Å². The Morgan fingerprint density at radius 2 is 2.05 bits per heavy atom. The number of halogens is 1. The highest BCUT2D eigenvalue weighted by Crippen LogP contribution is 2.17. The first kappa shape index (κ1) is 17.0. The van der Waals surface area contributed by atoms with Gasteiger partial charge in [-0.25, -0.2) is 0 Å². The quantitative estimate of drug-likeness (QED) is 0.726. The van der Waals surface area contributed by atoms with E-state index < -0.39 is 0 Å². The lowest BCUT2D eigenvalue weighted by Gasteiger charge is -2.21. The second-order valence-corrected chi connectivity index (χ2v) is 4.64. The molecule has 0 unspecified atom stereocenters. The summed E-state index contributed by atoms with van der Waals surface area (Å²) in [6.45, 7) is 2.47. The van der Waals surface area contributed by atoms with Crippen LogP contribution in [0.15, 0.2) is 24.3 Å². The summed E-state index contributed by atoms with van der Waals surface area (Å²) in [5.41, 5.74) is 0.362. The molecular weight excluding hydrogens is 292 g/mol. The molecule has 0 saturated heterocycles. The fourth-order valence-electron chi connectivity index (χ4n) is 1.76. The Morgan fingerprint density at radius 1 is 1.33 bits per heavy atom. The number of carbonyl (C=O) groups is 2. The highest BCUT2D eigenvalue weighted by molar-refractivity contribution is 6.33. The maximum atomic E-state index is 12.4. The molecule has 0 N–H and O–H groups in total. The highest BCUT2D eigenvalue weighted by Gasteiger charge is 2.19. The van der Waals surface area contributed by atoms with Gasteiger partial charge in [-0.3, -0.25) is 9.59 Å². The number of rotatable bonds is 7. The van der Waals surface area contributed by atoms with Crippen molar-refractivity contribution in [2.24, 2.45) is 0 Å². The summed E-state index contributed by atoms with van der Waals surface area (Å²) < 4.78 is 4.84. The zero-order valence-electron chi connectivity index (χ0n) is 11.8. The number of hydrogen-bond donors (Lipinski definition) is 0. The van der Waals surface area contributed by atoms with Gasteiger partial charge in [0.25, 0.3) is 5.91 Å². The molecule has 0 aliphatic rings. The lowest BCUT2D eigenvalue weighted by molar-refractivity contribution is -0.143. The first-order chi connectivity index (χ1) is 10.1. The highest BCUT2D eigenvalue weighted by atomic mass is 35.5. The Morgan fingerprint density at radius 3 is 2.67 bits per heavy atom. The van der Waals surface area contributed by atoms with E-state index in [9.17, 15) is 9.59 Å². The van der Waals surface area contributed by atoms with E-state index in [-0.39, 0.29) is 37.8 Å². The number of ether oxygens (including phenoxy) is 1. The molecule has 0 saturated carbocycles. The molecule has 0 aromatic heterocycles. The van der Waals surface area contributed by atoms with Gasteiger partial charge in [0.2, 0.25) is 0 Å². The van der Waals surface area contributed by atoms with E-state index in [4.69, 9.17) is 21.6 Å². The number of benzene rings is 1. The lowest BCUT2D eigenvalue weighted by atomic mass is 10.2. The molecule has 0 aliphatic heterocycles. The summed E-state index contributed by atoms with van der Waals surface area (Å²) in [5, 5.41) is 9.03. The Labute approximate surface area is 129 Å². The van der Waals surface area contributed by atoms with Gasteiger partial charge in [-0.1, -0.05) is 23.7 Å². The van der Waals surface area contributed by atoms with Crippen molar-refractivity contribution in [3.05, 3.63) is 34.9 Å². The average Bonchev–Trinajstić information content (AvgIpc) is 2.47. The maximum Gasteiger partial charge on any atom is 0.307 e. The van der Waals surface area contributed by atoms with Crippen LogP contribution in [0, 0.1) is 11.3 Å². The number of nitrogens with zero attached hydrogens (tertiary/aromatic N) is 2. The zero-order valence-corrected chi connectivity index (χ0v) is 12.6. The minimum absolute atomic E-state index is 0.0927. The van der Waals surface area contributed by atoms with Crippen LogP contribution in [0.1, 0.15) is 30.1 Å². The summed E-state index contributed by atoms with van der Waals surface area (Å²) in [4.78, 5) is 25.3. The van der Waals surface area contributed by atoms with Crippen LogP contribution in [0.3, 0.4) is 0 Å². The number of hydrogen-bond acceptors (Lipinski definition) is 4. The predicted octanol–water partition coefficient (Wildman–Crippen LogP) is 2.65. The largest absolute Gasteiger partial charge is 0.466 e.